The number of nitrogens with zero attached hydrogens (tertiary/aromatic N) is 3. The average molecular weight is 399 g/mol. The van der Waals surface area contributed by atoms with Crippen molar-refractivity contribution in [3.63, 3.8) is 0 Å². The Morgan fingerprint density at radius 1 is 1.21 bits per heavy atom. The molecule has 0 fully saturated rings. The van der Waals surface area contributed by atoms with Crippen LogP contribution in [0.3, 0.4) is 0 Å². The summed E-state index contributed by atoms with van der Waals surface area (Å²) in [6, 6.07) is 13.7. The molecule has 0 bridgehead atoms. The molecule has 0 aliphatic heterocycles. The molecule has 0 unspecified atom stereocenters. The Balaban J connectivity index is 2.01. The minimum absolute atomic E-state index is 0.134. The number of fused-ring (bicyclic) bond motifs is 1. The highest BCUT2D eigenvalue weighted by Gasteiger charge is 2.25. The standard InChI is InChI=1S/C21H23ClN4O2/c1-4-25(21(28)23-16-9-7-6-8-10-16)14(3)19-24-18-13-15(22)11-12-17(18)20(27)26(19)5-2/h6-14H,4-5H2,1-3H3,(H,23,28)/t14-/m1/s1. The van der Waals surface area contributed by atoms with Crippen molar-refractivity contribution in [2.45, 2.75) is 33.4 Å². The summed E-state index contributed by atoms with van der Waals surface area (Å²) in [6.45, 7) is 6.59. The van der Waals surface area contributed by atoms with Crippen LogP contribution < -0.4 is 10.9 Å². The molecule has 0 saturated heterocycles. The number of para-hydroxylation sites is 1. The van der Waals surface area contributed by atoms with Crippen LogP contribution in [0.15, 0.2) is 53.3 Å². The lowest BCUT2D eigenvalue weighted by molar-refractivity contribution is 0.192. The van der Waals surface area contributed by atoms with Gasteiger partial charge in [0.15, 0.2) is 0 Å². The van der Waals surface area contributed by atoms with Gasteiger partial charge < -0.3 is 10.2 Å². The van der Waals surface area contributed by atoms with Crippen LogP contribution >= 0.6 is 11.6 Å². The molecule has 1 N–H and O–H groups in total. The molecule has 3 aromatic rings. The SMILES string of the molecule is CCN(C(=O)Nc1ccccc1)[C@H](C)c1nc2cc(Cl)ccc2c(=O)n1CC. The van der Waals surface area contributed by atoms with E-state index in [4.69, 9.17) is 11.6 Å². The van der Waals surface area contributed by atoms with E-state index in [2.05, 4.69) is 10.3 Å². The normalized spacial score (nSPS) is 12.0. The number of amides is 2. The third-order valence-electron chi connectivity index (χ3n) is 4.73. The number of nitrogens with one attached hydrogen (secondary N) is 1. The van der Waals surface area contributed by atoms with Crippen molar-refractivity contribution in [1.29, 1.82) is 0 Å². The lowest BCUT2D eigenvalue weighted by atomic mass is 10.2. The molecule has 2 aromatic carbocycles. The second-order valence-corrected chi connectivity index (χ2v) is 6.88. The van der Waals surface area contributed by atoms with E-state index < -0.39 is 6.04 Å². The Morgan fingerprint density at radius 3 is 2.57 bits per heavy atom. The molecular weight excluding hydrogens is 376 g/mol. The van der Waals surface area contributed by atoms with Gasteiger partial charge in [-0.3, -0.25) is 9.36 Å². The summed E-state index contributed by atoms with van der Waals surface area (Å²) in [5.74, 6) is 0.535. The third-order valence-corrected chi connectivity index (χ3v) is 4.97. The first-order valence-corrected chi connectivity index (χ1v) is 9.66. The Bertz CT molecular complexity index is 1050. The molecule has 2 amide bonds. The Labute approximate surface area is 168 Å². The summed E-state index contributed by atoms with van der Waals surface area (Å²) in [6.07, 6.45) is 0. The van der Waals surface area contributed by atoms with Gasteiger partial charge in [-0.05, 0) is 51.1 Å². The van der Waals surface area contributed by atoms with Crippen molar-refractivity contribution in [1.82, 2.24) is 14.5 Å². The number of carbonyl (C=O) groups excluding carboxylic acids is 1. The number of hydrogen-bond acceptors (Lipinski definition) is 3. The fourth-order valence-corrected chi connectivity index (χ4v) is 3.45. The van der Waals surface area contributed by atoms with Gasteiger partial charge in [-0.25, -0.2) is 9.78 Å². The van der Waals surface area contributed by atoms with Gasteiger partial charge in [0.1, 0.15) is 5.82 Å². The lowest BCUT2D eigenvalue weighted by Crippen LogP contribution is -2.39. The third kappa shape index (κ3) is 3.87. The zero-order valence-electron chi connectivity index (χ0n) is 16.1. The number of anilines is 1. The first-order chi connectivity index (χ1) is 13.5. The summed E-state index contributed by atoms with van der Waals surface area (Å²) in [7, 11) is 0. The number of rotatable bonds is 5. The lowest BCUT2D eigenvalue weighted by Gasteiger charge is -2.29. The minimum Gasteiger partial charge on any atom is -0.315 e. The van der Waals surface area contributed by atoms with Crippen molar-refractivity contribution in [2.24, 2.45) is 0 Å². The van der Waals surface area contributed by atoms with Crippen LogP contribution in [0.5, 0.6) is 0 Å². The van der Waals surface area contributed by atoms with Gasteiger partial charge in [0, 0.05) is 23.8 Å². The highest BCUT2D eigenvalue weighted by Crippen LogP contribution is 2.22. The van der Waals surface area contributed by atoms with E-state index in [9.17, 15) is 9.59 Å². The molecule has 1 heterocycles. The molecule has 0 aliphatic carbocycles. The molecule has 3 rings (SSSR count). The summed E-state index contributed by atoms with van der Waals surface area (Å²) in [5, 5.41) is 3.92. The fourth-order valence-electron chi connectivity index (χ4n) is 3.29. The smallest absolute Gasteiger partial charge is 0.315 e. The molecule has 7 heteroatoms. The highest BCUT2D eigenvalue weighted by atomic mass is 35.5. The number of aromatic nitrogens is 2. The van der Waals surface area contributed by atoms with Gasteiger partial charge in [-0.1, -0.05) is 29.8 Å². The van der Waals surface area contributed by atoms with Gasteiger partial charge >= 0.3 is 6.03 Å². The minimum atomic E-state index is -0.398. The molecule has 0 saturated carbocycles. The van der Waals surface area contributed by atoms with E-state index in [0.29, 0.717) is 40.5 Å². The number of benzene rings is 2. The van der Waals surface area contributed by atoms with Gasteiger partial charge in [0.05, 0.1) is 16.9 Å². The summed E-state index contributed by atoms with van der Waals surface area (Å²) in [4.78, 5) is 32.1. The fraction of sp³-hybridized carbons (Fsp3) is 0.286. The van der Waals surface area contributed by atoms with E-state index in [1.807, 2.05) is 51.1 Å². The van der Waals surface area contributed by atoms with Crippen molar-refractivity contribution in [3.8, 4) is 0 Å². The summed E-state index contributed by atoms with van der Waals surface area (Å²) < 4.78 is 1.61. The van der Waals surface area contributed by atoms with Crippen LogP contribution in [0.4, 0.5) is 10.5 Å². The average Bonchev–Trinajstić information content (AvgIpc) is 2.68. The predicted molar refractivity (Wildman–Crippen MR) is 113 cm³/mol. The molecule has 146 valence electrons. The van der Waals surface area contributed by atoms with Crippen LogP contribution in [0.25, 0.3) is 10.9 Å². The van der Waals surface area contributed by atoms with Crippen LogP contribution in [-0.2, 0) is 6.54 Å². The van der Waals surface area contributed by atoms with E-state index in [-0.39, 0.29) is 11.6 Å². The van der Waals surface area contributed by atoms with E-state index >= 15 is 0 Å². The quantitative estimate of drug-likeness (QED) is 0.678. The second-order valence-electron chi connectivity index (χ2n) is 6.44. The number of halogens is 1. The monoisotopic (exact) mass is 398 g/mol. The Morgan fingerprint density at radius 2 is 1.93 bits per heavy atom. The van der Waals surface area contributed by atoms with E-state index in [0.717, 1.165) is 0 Å². The number of hydrogen-bond donors (Lipinski definition) is 1. The van der Waals surface area contributed by atoms with Crippen LogP contribution in [0.2, 0.25) is 5.02 Å². The molecule has 1 aromatic heterocycles. The maximum atomic E-state index is 12.9. The van der Waals surface area contributed by atoms with Gasteiger partial charge in [-0.15, -0.1) is 0 Å². The van der Waals surface area contributed by atoms with E-state index in [1.54, 1.807) is 27.7 Å². The van der Waals surface area contributed by atoms with Crippen LogP contribution in [0.1, 0.15) is 32.6 Å². The van der Waals surface area contributed by atoms with Crippen LogP contribution in [-0.4, -0.2) is 27.0 Å². The number of carbonyl (C=O) groups is 1. The topological polar surface area (TPSA) is 67.2 Å². The second kappa shape index (κ2) is 8.44. The van der Waals surface area contributed by atoms with Crippen molar-refractivity contribution < 1.29 is 4.79 Å². The van der Waals surface area contributed by atoms with Crippen molar-refractivity contribution >= 4 is 34.2 Å². The maximum absolute atomic E-state index is 12.9. The van der Waals surface area contributed by atoms with E-state index in [1.165, 1.54) is 0 Å². The zero-order valence-corrected chi connectivity index (χ0v) is 16.9. The zero-order chi connectivity index (χ0) is 20.3. The highest BCUT2D eigenvalue weighted by molar-refractivity contribution is 6.31. The first kappa shape index (κ1) is 19.9. The number of urea groups is 1. The van der Waals surface area contributed by atoms with Crippen molar-refractivity contribution in [3.05, 3.63) is 69.7 Å². The van der Waals surface area contributed by atoms with Crippen LogP contribution in [0, 0.1) is 0 Å². The predicted octanol–water partition coefficient (Wildman–Crippen LogP) is 4.68. The van der Waals surface area contributed by atoms with Gasteiger partial charge in [0.25, 0.3) is 5.56 Å². The first-order valence-electron chi connectivity index (χ1n) is 9.28. The molecule has 0 radical (unpaired) electrons. The van der Waals surface area contributed by atoms with Gasteiger partial charge in [0.2, 0.25) is 0 Å². The summed E-state index contributed by atoms with van der Waals surface area (Å²) >= 11 is 6.08. The molecular formula is C21H23ClN4O2. The Hall–Kier alpha value is -2.86. The Kier molecular flexibility index (Phi) is 5.99. The largest absolute Gasteiger partial charge is 0.322 e. The summed E-state index contributed by atoms with van der Waals surface area (Å²) in [5.41, 5.74) is 1.11. The maximum Gasteiger partial charge on any atom is 0.322 e. The molecule has 1 atom stereocenters. The van der Waals surface area contributed by atoms with Gasteiger partial charge in [-0.2, -0.15) is 0 Å². The molecule has 28 heavy (non-hydrogen) atoms. The molecule has 0 spiro atoms. The molecule has 0 aliphatic rings. The van der Waals surface area contributed by atoms with Crippen molar-refractivity contribution in [2.75, 3.05) is 11.9 Å². The molecule has 6 nitrogen and oxygen atoms in total.